The van der Waals surface area contributed by atoms with Gasteiger partial charge in [0.1, 0.15) is 11.9 Å². The van der Waals surface area contributed by atoms with Gasteiger partial charge in [-0.15, -0.1) is 11.3 Å². The molecule has 11 heteroatoms. The van der Waals surface area contributed by atoms with Crippen LogP contribution in [0.25, 0.3) is 5.57 Å². The first-order valence-electron chi connectivity index (χ1n) is 10.1. The van der Waals surface area contributed by atoms with Gasteiger partial charge in [-0.2, -0.15) is 4.98 Å². The van der Waals surface area contributed by atoms with E-state index in [0.717, 1.165) is 41.0 Å². The van der Waals surface area contributed by atoms with Crippen LogP contribution in [0.5, 0.6) is 0 Å². The summed E-state index contributed by atoms with van der Waals surface area (Å²) in [5.41, 5.74) is 14.5. The maximum absolute atomic E-state index is 12.4. The second kappa shape index (κ2) is 9.77. The molecule has 1 unspecified atom stereocenters. The van der Waals surface area contributed by atoms with E-state index in [0.29, 0.717) is 10.7 Å². The predicted molar refractivity (Wildman–Crippen MR) is 120 cm³/mol. The molecule has 0 radical (unpaired) electrons. The fraction of sp³-hybridized carbons (Fsp3) is 0.381. The zero-order chi connectivity index (χ0) is 23.4. The number of aryl methyl sites for hydroxylation is 1. The predicted octanol–water partition coefficient (Wildman–Crippen LogP) is 2.27. The standard InChI is InChI=1S/C21H25N5O5S/c1-10(2-3-11-4-5-12-17(11)18(22)26-21(23)25-12)14-7-8-15(32-14)19(29)24-13(20(30)31)6-9-16(27)28/h3,7-8,10,13H,2,4-6,9H2,1H3,(H,24,29)(H,27,28)(H,30,31)(H4,22,23,25,26)/t10?,13-/m0/s1. The average molecular weight is 460 g/mol. The highest BCUT2D eigenvalue weighted by Crippen LogP contribution is 2.36. The van der Waals surface area contributed by atoms with Gasteiger partial charge in [-0.25, -0.2) is 9.78 Å². The van der Waals surface area contributed by atoms with Crippen molar-refractivity contribution in [3.8, 4) is 0 Å². The minimum atomic E-state index is -1.27. The number of rotatable bonds is 9. The molecule has 0 aromatic carbocycles. The van der Waals surface area contributed by atoms with Crippen molar-refractivity contribution in [1.29, 1.82) is 0 Å². The number of allylic oxidation sites excluding steroid dienone is 2. The largest absolute Gasteiger partial charge is 0.481 e. The number of nitrogens with one attached hydrogen (secondary N) is 1. The normalized spacial score (nSPS) is 15.8. The van der Waals surface area contributed by atoms with Gasteiger partial charge in [0.05, 0.1) is 10.6 Å². The van der Waals surface area contributed by atoms with Crippen LogP contribution in [0, 0.1) is 0 Å². The van der Waals surface area contributed by atoms with Crippen molar-refractivity contribution >= 4 is 46.5 Å². The van der Waals surface area contributed by atoms with Gasteiger partial charge in [0.15, 0.2) is 0 Å². The smallest absolute Gasteiger partial charge is 0.326 e. The number of fused-ring (bicyclic) bond motifs is 1. The molecule has 2 aromatic rings. The first-order chi connectivity index (χ1) is 15.2. The Balaban J connectivity index is 1.64. The summed E-state index contributed by atoms with van der Waals surface area (Å²) in [6, 6.07) is 2.24. The number of nitrogens with two attached hydrogens (primary N) is 2. The van der Waals surface area contributed by atoms with E-state index in [4.69, 9.17) is 16.6 Å². The number of nitrogen functional groups attached to an aromatic ring is 2. The highest BCUT2D eigenvalue weighted by molar-refractivity contribution is 7.14. The van der Waals surface area contributed by atoms with Crippen LogP contribution in [-0.2, 0) is 16.0 Å². The Morgan fingerprint density at radius 2 is 1.97 bits per heavy atom. The molecule has 32 heavy (non-hydrogen) atoms. The minimum Gasteiger partial charge on any atom is -0.481 e. The van der Waals surface area contributed by atoms with Crippen LogP contribution in [0.2, 0.25) is 0 Å². The number of hydrogen-bond donors (Lipinski definition) is 5. The summed E-state index contributed by atoms with van der Waals surface area (Å²) >= 11 is 1.28. The van der Waals surface area contributed by atoms with Gasteiger partial charge in [-0.05, 0) is 49.3 Å². The van der Waals surface area contributed by atoms with E-state index in [-0.39, 0.29) is 24.7 Å². The van der Waals surface area contributed by atoms with Gasteiger partial charge in [-0.3, -0.25) is 9.59 Å². The fourth-order valence-electron chi connectivity index (χ4n) is 3.59. The van der Waals surface area contributed by atoms with Crippen molar-refractivity contribution in [1.82, 2.24) is 15.3 Å². The summed E-state index contributed by atoms with van der Waals surface area (Å²) in [5, 5.41) is 20.4. The lowest BCUT2D eigenvalue weighted by Gasteiger charge is -2.12. The van der Waals surface area contributed by atoms with E-state index in [1.54, 1.807) is 6.07 Å². The van der Waals surface area contributed by atoms with E-state index in [1.165, 1.54) is 11.3 Å². The van der Waals surface area contributed by atoms with Crippen LogP contribution in [-0.4, -0.2) is 44.1 Å². The molecule has 0 saturated heterocycles. The molecule has 0 aliphatic heterocycles. The molecule has 3 rings (SSSR count). The molecule has 0 spiro atoms. The first-order valence-corrected chi connectivity index (χ1v) is 10.9. The molecular weight excluding hydrogens is 434 g/mol. The molecule has 1 aliphatic carbocycles. The molecule has 1 amide bonds. The SMILES string of the molecule is CC(CC=C1CCc2nc(N)nc(N)c21)c1ccc(C(=O)N[C@@H](CCC(=O)O)C(=O)O)s1. The topological polar surface area (TPSA) is 182 Å². The van der Waals surface area contributed by atoms with Gasteiger partial charge in [0.2, 0.25) is 5.95 Å². The van der Waals surface area contributed by atoms with Gasteiger partial charge in [0.25, 0.3) is 5.91 Å². The summed E-state index contributed by atoms with van der Waals surface area (Å²) < 4.78 is 0. The summed E-state index contributed by atoms with van der Waals surface area (Å²) in [5.74, 6) is -2.23. The molecule has 0 fully saturated rings. The molecule has 0 bridgehead atoms. The van der Waals surface area contributed by atoms with Crippen molar-refractivity contribution in [2.45, 2.75) is 51.0 Å². The molecule has 7 N–H and O–H groups in total. The van der Waals surface area contributed by atoms with Crippen molar-refractivity contribution in [3.63, 3.8) is 0 Å². The third kappa shape index (κ3) is 5.41. The maximum Gasteiger partial charge on any atom is 0.326 e. The van der Waals surface area contributed by atoms with Crippen LogP contribution in [0.4, 0.5) is 11.8 Å². The number of aromatic nitrogens is 2. The maximum atomic E-state index is 12.4. The van der Waals surface area contributed by atoms with Crippen molar-refractivity contribution in [2.24, 2.45) is 0 Å². The highest BCUT2D eigenvalue weighted by Gasteiger charge is 2.24. The molecule has 2 atom stereocenters. The summed E-state index contributed by atoms with van der Waals surface area (Å²) in [6.45, 7) is 2.04. The van der Waals surface area contributed by atoms with Crippen molar-refractivity contribution < 1.29 is 24.6 Å². The van der Waals surface area contributed by atoms with Gasteiger partial charge >= 0.3 is 11.9 Å². The number of amides is 1. The number of nitrogens with zero attached hydrogens (tertiary/aromatic N) is 2. The lowest BCUT2D eigenvalue weighted by atomic mass is 10.0. The molecule has 0 saturated carbocycles. The quantitative estimate of drug-likeness (QED) is 0.375. The monoisotopic (exact) mass is 459 g/mol. The second-order valence-corrected chi connectivity index (χ2v) is 8.77. The molecule has 2 heterocycles. The van der Waals surface area contributed by atoms with Crippen LogP contribution in [0.15, 0.2) is 18.2 Å². The fourth-order valence-corrected chi connectivity index (χ4v) is 4.56. The lowest BCUT2D eigenvalue weighted by molar-refractivity contribution is -0.140. The first kappa shape index (κ1) is 23.2. The lowest BCUT2D eigenvalue weighted by Crippen LogP contribution is -2.40. The zero-order valence-electron chi connectivity index (χ0n) is 17.5. The molecular formula is C21H25N5O5S. The van der Waals surface area contributed by atoms with Gasteiger partial charge < -0.3 is 27.0 Å². The number of thiophene rings is 1. The van der Waals surface area contributed by atoms with Crippen molar-refractivity contribution in [2.75, 3.05) is 11.5 Å². The minimum absolute atomic E-state index is 0.122. The number of anilines is 2. The van der Waals surface area contributed by atoms with Crippen LogP contribution in [0.1, 0.15) is 64.3 Å². The number of carboxylic acids is 2. The van der Waals surface area contributed by atoms with Crippen LogP contribution < -0.4 is 16.8 Å². The Labute approximate surface area is 188 Å². The summed E-state index contributed by atoms with van der Waals surface area (Å²) in [6.07, 6.45) is 3.88. The molecule has 1 aliphatic rings. The van der Waals surface area contributed by atoms with Crippen LogP contribution in [0.3, 0.4) is 0 Å². The number of carbonyl (C=O) groups is 3. The Hall–Kier alpha value is -3.47. The third-order valence-electron chi connectivity index (χ3n) is 5.29. The summed E-state index contributed by atoms with van der Waals surface area (Å²) in [4.78, 5) is 44.1. The Kier molecular flexibility index (Phi) is 7.08. The molecule has 10 nitrogen and oxygen atoms in total. The molecule has 2 aromatic heterocycles. The average Bonchev–Trinajstić information content (AvgIpc) is 3.36. The Morgan fingerprint density at radius 3 is 2.66 bits per heavy atom. The second-order valence-electron chi connectivity index (χ2n) is 7.65. The number of hydrogen-bond acceptors (Lipinski definition) is 8. The highest BCUT2D eigenvalue weighted by atomic mass is 32.1. The van der Waals surface area contributed by atoms with E-state index < -0.39 is 23.9 Å². The number of carboxylic acid groups (broad SMARTS) is 2. The third-order valence-corrected chi connectivity index (χ3v) is 6.60. The Bertz CT molecular complexity index is 1080. The molecule has 170 valence electrons. The Morgan fingerprint density at radius 1 is 1.22 bits per heavy atom. The summed E-state index contributed by atoms with van der Waals surface area (Å²) in [7, 11) is 0. The van der Waals surface area contributed by atoms with E-state index >= 15 is 0 Å². The van der Waals surface area contributed by atoms with E-state index in [9.17, 15) is 19.5 Å². The van der Waals surface area contributed by atoms with E-state index in [1.807, 2.05) is 13.0 Å². The van der Waals surface area contributed by atoms with E-state index in [2.05, 4.69) is 21.4 Å². The zero-order valence-corrected chi connectivity index (χ0v) is 18.3. The van der Waals surface area contributed by atoms with Gasteiger partial charge in [-0.1, -0.05) is 13.0 Å². The van der Waals surface area contributed by atoms with Gasteiger partial charge in [0, 0.05) is 16.9 Å². The van der Waals surface area contributed by atoms with Crippen LogP contribution >= 0.6 is 11.3 Å². The number of aliphatic carboxylic acids is 2. The number of carbonyl (C=O) groups excluding carboxylic acids is 1. The van der Waals surface area contributed by atoms with Crippen molar-refractivity contribution in [3.05, 3.63) is 39.2 Å².